The van der Waals surface area contributed by atoms with Gasteiger partial charge in [0.25, 0.3) is 0 Å². The predicted molar refractivity (Wildman–Crippen MR) is 94.0 cm³/mol. The van der Waals surface area contributed by atoms with Crippen molar-refractivity contribution in [2.45, 2.75) is 51.7 Å². The molecule has 1 aromatic rings. The number of rotatable bonds is 5. The summed E-state index contributed by atoms with van der Waals surface area (Å²) in [5.74, 6) is -0.270. The summed E-state index contributed by atoms with van der Waals surface area (Å²) >= 11 is 0. The highest BCUT2D eigenvalue weighted by Crippen LogP contribution is 2.18. The van der Waals surface area contributed by atoms with Gasteiger partial charge in [-0.25, -0.2) is 8.78 Å². The van der Waals surface area contributed by atoms with Crippen LogP contribution < -0.4 is 10.6 Å². The van der Waals surface area contributed by atoms with E-state index in [-0.39, 0.29) is 12.1 Å². The Balaban J connectivity index is 1.83. The molecule has 0 aliphatic carbocycles. The van der Waals surface area contributed by atoms with Gasteiger partial charge in [-0.2, -0.15) is 0 Å². The second-order valence-electron chi connectivity index (χ2n) is 6.47. The van der Waals surface area contributed by atoms with Crippen molar-refractivity contribution in [3.8, 4) is 0 Å². The highest BCUT2D eigenvalue weighted by atomic mass is 19.1. The number of nitrogens with one attached hydrogen (secondary N) is 2. The van der Waals surface area contributed by atoms with Crippen molar-refractivity contribution in [3.05, 3.63) is 35.4 Å². The quantitative estimate of drug-likeness (QED) is 0.641. The molecule has 2 rings (SSSR count). The molecule has 4 nitrogen and oxygen atoms in total. The molecule has 1 aromatic carbocycles. The minimum Gasteiger partial charge on any atom is -0.355 e. The molecular formula is C18H28F2N4. The first kappa shape index (κ1) is 18.6. The fourth-order valence-electron chi connectivity index (χ4n) is 3.22. The molecule has 2 N–H and O–H groups in total. The van der Waals surface area contributed by atoms with Crippen LogP contribution in [-0.4, -0.2) is 43.1 Å². The van der Waals surface area contributed by atoms with Crippen LogP contribution in [0, 0.1) is 11.6 Å². The number of hydrogen-bond donors (Lipinski definition) is 2. The van der Waals surface area contributed by atoms with Gasteiger partial charge in [0.1, 0.15) is 11.6 Å². The average molecular weight is 338 g/mol. The van der Waals surface area contributed by atoms with E-state index >= 15 is 0 Å². The number of aliphatic imine (C=N–C) groups is 1. The van der Waals surface area contributed by atoms with Gasteiger partial charge < -0.3 is 10.6 Å². The molecule has 2 unspecified atom stereocenters. The van der Waals surface area contributed by atoms with Crippen LogP contribution >= 0.6 is 0 Å². The predicted octanol–water partition coefficient (Wildman–Crippen LogP) is 2.89. The van der Waals surface area contributed by atoms with Gasteiger partial charge in [0.2, 0.25) is 0 Å². The lowest BCUT2D eigenvalue weighted by Gasteiger charge is -2.38. The Kier molecular flexibility index (Phi) is 6.97. The van der Waals surface area contributed by atoms with Gasteiger partial charge in [0.15, 0.2) is 5.96 Å². The van der Waals surface area contributed by atoms with E-state index in [1.165, 1.54) is 25.3 Å². The molecule has 1 aliphatic heterocycles. The van der Waals surface area contributed by atoms with Gasteiger partial charge in [-0.3, -0.25) is 9.89 Å². The highest BCUT2D eigenvalue weighted by molar-refractivity contribution is 5.79. The summed E-state index contributed by atoms with van der Waals surface area (Å²) in [5.41, 5.74) is 0.288. The van der Waals surface area contributed by atoms with Crippen molar-refractivity contribution in [2.24, 2.45) is 4.99 Å². The van der Waals surface area contributed by atoms with E-state index in [1.807, 2.05) is 0 Å². The zero-order valence-electron chi connectivity index (χ0n) is 14.8. The molecular weight excluding hydrogens is 310 g/mol. The third-order valence-corrected chi connectivity index (χ3v) is 4.66. The first-order valence-corrected chi connectivity index (χ1v) is 8.65. The number of hydrogen-bond acceptors (Lipinski definition) is 2. The van der Waals surface area contributed by atoms with Crippen LogP contribution in [0.25, 0.3) is 0 Å². The fourth-order valence-corrected chi connectivity index (χ4v) is 3.22. The molecule has 24 heavy (non-hydrogen) atoms. The molecule has 134 valence electrons. The van der Waals surface area contributed by atoms with Gasteiger partial charge in [0.05, 0.1) is 0 Å². The lowest BCUT2D eigenvalue weighted by atomic mass is 10.0. The van der Waals surface area contributed by atoms with E-state index in [9.17, 15) is 8.78 Å². The van der Waals surface area contributed by atoms with E-state index < -0.39 is 11.6 Å². The Morgan fingerprint density at radius 1 is 1.33 bits per heavy atom. The van der Waals surface area contributed by atoms with Crippen LogP contribution in [0.15, 0.2) is 23.2 Å². The van der Waals surface area contributed by atoms with E-state index in [1.54, 1.807) is 7.05 Å². The lowest BCUT2D eigenvalue weighted by molar-refractivity contribution is 0.115. The van der Waals surface area contributed by atoms with Crippen molar-refractivity contribution in [1.82, 2.24) is 15.5 Å². The standard InChI is InChI=1S/C18H28F2N4/c1-13-6-4-5-9-24(13)14(2)11-22-18(21-3)23-12-15-10-16(19)7-8-17(15)20/h7-8,10,13-14H,4-6,9,11-12H2,1-3H3,(H2,21,22,23). The SMILES string of the molecule is CN=C(NCc1cc(F)ccc1F)NCC(C)N1CCCCC1C. The van der Waals surface area contributed by atoms with Crippen LogP contribution in [0.1, 0.15) is 38.7 Å². The van der Waals surface area contributed by atoms with Crippen LogP contribution in [0.5, 0.6) is 0 Å². The fraction of sp³-hybridized carbons (Fsp3) is 0.611. The summed E-state index contributed by atoms with van der Waals surface area (Å²) < 4.78 is 26.9. The van der Waals surface area contributed by atoms with Gasteiger partial charge in [-0.1, -0.05) is 6.42 Å². The number of guanidine groups is 1. The Labute approximate surface area is 143 Å². The summed E-state index contributed by atoms with van der Waals surface area (Å²) in [6.45, 7) is 6.56. The monoisotopic (exact) mass is 338 g/mol. The maximum Gasteiger partial charge on any atom is 0.191 e. The first-order chi connectivity index (χ1) is 11.5. The van der Waals surface area contributed by atoms with Crippen molar-refractivity contribution < 1.29 is 8.78 Å². The normalized spacial score (nSPS) is 20.7. The Morgan fingerprint density at radius 3 is 2.83 bits per heavy atom. The Bertz CT molecular complexity index is 562. The topological polar surface area (TPSA) is 39.7 Å². The summed E-state index contributed by atoms with van der Waals surface area (Å²) in [5, 5.41) is 6.31. The molecule has 0 aromatic heterocycles. The van der Waals surface area contributed by atoms with Gasteiger partial charge >= 0.3 is 0 Å². The Hall–Kier alpha value is -1.69. The number of likely N-dealkylation sites (tertiary alicyclic amines) is 1. The summed E-state index contributed by atoms with van der Waals surface area (Å²) in [6.07, 6.45) is 3.80. The van der Waals surface area contributed by atoms with Gasteiger partial charge in [0, 0.05) is 37.8 Å². The highest BCUT2D eigenvalue weighted by Gasteiger charge is 2.22. The van der Waals surface area contributed by atoms with Crippen LogP contribution in [0.4, 0.5) is 8.78 Å². The molecule has 1 saturated heterocycles. The molecule has 0 amide bonds. The van der Waals surface area contributed by atoms with Crippen LogP contribution in [-0.2, 0) is 6.54 Å². The van der Waals surface area contributed by atoms with Crippen LogP contribution in [0.3, 0.4) is 0 Å². The molecule has 1 heterocycles. The number of nitrogens with zero attached hydrogens (tertiary/aromatic N) is 2. The smallest absolute Gasteiger partial charge is 0.191 e. The molecule has 2 atom stereocenters. The van der Waals surface area contributed by atoms with Crippen molar-refractivity contribution in [2.75, 3.05) is 20.1 Å². The second kappa shape index (κ2) is 8.97. The maximum atomic E-state index is 13.7. The van der Waals surface area contributed by atoms with Crippen molar-refractivity contribution >= 4 is 5.96 Å². The molecule has 0 radical (unpaired) electrons. The van der Waals surface area contributed by atoms with E-state index in [4.69, 9.17) is 0 Å². The third kappa shape index (κ3) is 5.16. The third-order valence-electron chi connectivity index (χ3n) is 4.66. The van der Waals surface area contributed by atoms with Crippen molar-refractivity contribution in [1.29, 1.82) is 0 Å². The van der Waals surface area contributed by atoms with Crippen LogP contribution in [0.2, 0.25) is 0 Å². The van der Waals surface area contributed by atoms with Gasteiger partial charge in [-0.15, -0.1) is 0 Å². The zero-order chi connectivity index (χ0) is 17.5. The number of benzene rings is 1. The molecule has 1 aliphatic rings. The number of halogens is 2. The van der Waals surface area contributed by atoms with E-state index in [0.29, 0.717) is 18.0 Å². The molecule has 0 bridgehead atoms. The van der Waals surface area contributed by atoms with E-state index in [0.717, 1.165) is 25.2 Å². The lowest BCUT2D eigenvalue weighted by Crippen LogP contribution is -2.50. The Morgan fingerprint density at radius 2 is 2.12 bits per heavy atom. The second-order valence-corrected chi connectivity index (χ2v) is 6.47. The maximum absolute atomic E-state index is 13.7. The largest absolute Gasteiger partial charge is 0.355 e. The summed E-state index contributed by atoms with van der Waals surface area (Å²) in [7, 11) is 1.67. The molecule has 0 saturated carbocycles. The molecule has 1 fully saturated rings. The van der Waals surface area contributed by atoms with Crippen molar-refractivity contribution in [3.63, 3.8) is 0 Å². The first-order valence-electron chi connectivity index (χ1n) is 8.65. The zero-order valence-corrected chi connectivity index (χ0v) is 14.8. The van der Waals surface area contributed by atoms with E-state index in [2.05, 4.69) is 34.4 Å². The minimum absolute atomic E-state index is 0.192. The van der Waals surface area contributed by atoms with Gasteiger partial charge in [-0.05, 0) is 51.4 Å². The molecule has 0 spiro atoms. The number of piperidine rings is 1. The minimum atomic E-state index is -0.441. The molecule has 6 heteroatoms. The summed E-state index contributed by atoms with van der Waals surface area (Å²) in [4.78, 5) is 6.66. The summed E-state index contributed by atoms with van der Waals surface area (Å²) in [6, 6.07) is 4.46. The average Bonchev–Trinajstić information content (AvgIpc) is 2.58.